The third-order valence-electron chi connectivity index (χ3n) is 5.12. The fourth-order valence-electron chi connectivity index (χ4n) is 4.21. The zero-order valence-corrected chi connectivity index (χ0v) is 13.3. The second kappa shape index (κ2) is 6.47. The number of hydrogen-bond acceptors (Lipinski definition) is 5. The summed E-state index contributed by atoms with van der Waals surface area (Å²) in [6, 6.07) is 7.46. The zero-order chi connectivity index (χ0) is 16.4. The molecule has 1 aromatic carbocycles. The van der Waals surface area contributed by atoms with E-state index in [1.165, 1.54) is 0 Å². The van der Waals surface area contributed by atoms with Gasteiger partial charge in [0.2, 0.25) is 0 Å². The van der Waals surface area contributed by atoms with E-state index in [1.807, 2.05) is 29.2 Å². The smallest absolute Gasteiger partial charge is 0.324 e. The highest BCUT2D eigenvalue weighted by molar-refractivity contribution is 5.80. The number of fused-ring (bicyclic) bond motifs is 1. The lowest BCUT2D eigenvalue weighted by atomic mass is 9.87. The van der Waals surface area contributed by atoms with Crippen LogP contribution in [0.15, 0.2) is 24.3 Å². The Morgan fingerprint density at radius 3 is 2.91 bits per heavy atom. The van der Waals surface area contributed by atoms with Crippen LogP contribution >= 0.6 is 0 Å². The summed E-state index contributed by atoms with van der Waals surface area (Å²) in [5, 5.41) is 19.6. The van der Waals surface area contributed by atoms with Crippen molar-refractivity contribution < 1.29 is 24.5 Å². The van der Waals surface area contributed by atoms with Crippen LogP contribution in [0, 0.1) is 5.92 Å². The van der Waals surface area contributed by atoms with E-state index in [9.17, 15) is 15.0 Å². The third kappa shape index (κ3) is 2.60. The van der Waals surface area contributed by atoms with Crippen LogP contribution in [0.5, 0.6) is 5.75 Å². The minimum atomic E-state index is -0.855. The molecule has 0 bridgehead atoms. The van der Waals surface area contributed by atoms with E-state index in [1.54, 1.807) is 7.11 Å². The summed E-state index contributed by atoms with van der Waals surface area (Å²) in [4.78, 5) is 14.0. The van der Waals surface area contributed by atoms with Gasteiger partial charge in [0.05, 0.1) is 0 Å². The van der Waals surface area contributed by atoms with E-state index >= 15 is 0 Å². The molecular formula is C17H23NO5. The molecular weight excluding hydrogens is 298 g/mol. The van der Waals surface area contributed by atoms with Gasteiger partial charge in [0, 0.05) is 31.2 Å². The summed E-state index contributed by atoms with van der Waals surface area (Å²) in [6.45, 7) is 0.832. The lowest BCUT2D eigenvalue weighted by Gasteiger charge is -2.32. The van der Waals surface area contributed by atoms with Gasteiger partial charge in [-0.05, 0) is 31.9 Å². The molecule has 6 heteroatoms. The Balaban J connectivity index is 1.99. The number of para-hydroxylation sites is 1. The maximum absolute atomic E-state index is 11.9. The number of carboxylic acids is 1. The van der Waals surface area contributed by atoms with Crippen molar-refractivity contribution in [2.75, 3.05) is 27.1 Å². The van der Waals surface area contributed by atoms with Crippen LogP contribution in [-0.2, 0) is 9.53 Å². The fraction of sp³-hybridized carbons (Fsp3) is 0.588. The number of benzene rings is 1. The summed E-state index contributed by atoms with van der Waals surface area (Å²) < 4.78 is 10.6. The highest BCUT2D eigenvalue weighted by atomic mass is 16.7. The Labute approximate surface area is 135 Å². The molecule has 6 nitrogen and oxygen atoms in total. The topological polar surface area (TPSA) is 79.2 Å². The minimum Gasteiger partial charge on any atom is -0.480 e. The van der Waals surface area contributed by atoms with Crippen LogP contribution in [-0.4, -0.2) is 53.7 Å². The van der Waals surface area contributed by atoms with E-state index in [-0.39, 0.29) is 25.4 Å². The monoisotopic (exact) mass is 321 g/mol. The molecule has 2 aliphatic heterocycles. The van der Waals surface area contributed by atoms with Crippen molar-refractivity contribution in [2.45, 2.75) is 30.8 Å². The largest absolute Gasteiger partial charge is 0.480 e. The molecule has 2 heterocycles. The van der Waals surface area contributed by atoms with Crippen molar-refractivity contribution >= 4 is 5.97 Å². The molecule has 3 rings (SSSR count). The maximum atomic E-state index is 11.9. The predicted octanol–water partition coefficient (Wildman–Crippen LogP) is 1.64. The van der Waals surface area contributed by atoms with Crippen molar-refractivity contribution in [3.8, 4) is 5.75 Å². The standard InChI is InChI=1S/C17H23NO5/c1-22-11-23-14-6-3-2-5-13(14)15-12(10-19)9-17(16(20)21)7-4-8-18(15)17/h2-3,5-6,12,15,19H,4,7-11H2,1H3,(H,20,21)/t12-,15-,17-/m1/s1. The lowest BCUT2D eigenvalue weighted by Crippen LogP contribution is -2.46. The number of methoxy groups -OCH3 is 1. The van der Waals surface area contributed by atoms with Gasteiger partial charge >= 0.3 is 5.97 Å². The van der Waals surface area contributed by atoms with Crippen LogP contribution in [0.25, 0.3) is 0 Å². The summed E-state index contributed by atoms with van der Waals surface area (Å²) >= 11 is 0. The molecule has 0 saturated carbocycles. The minimum absolute atomic E-state index is 0.0329. The molecule has 0 unspecified atom stereocenters. The third-order valence-corrected chi connectivity index (χ3v) is 5.12. The van der Waals surface area contributed by atoms with Gasteiger partial charge in [-0.15, -0.1) is 0 Å². The number of nitrogens with zero attached hydrogens (tertiary/aromatic N) is 1. The number of ether oxygens (including phenoxy) is 2. The Kier molecular flexibility index (Phi) is 4.57. The quantitative estimate of drug-likeness (QED) is 0.776. The molecule has 126 valence electrons. The number of aliphatic carboxylic acids is 1. The van der Waals surface area contributed by atoms with E-state index in [0.717, 1.165) is 18.5 Å². The number of rotatable bonds is 6. The van der Waals surface area contributed by atoms with Gasteiger partial charge in [-0.1, -0.05) is 18.2 Å². The van der Waals surface area contributed by atoms with E-state index in [4.69, 9.17) is 9.47 Å². The highest BCUT2D eigenvalue weighted by Gasteiger charge is 2.58. The fourth-order valence-corrected chi connectivity index (χ4v) is 4.21. The molecule has 0 aromatic heterocycles. The van der Waals surface area contributed by atoms with E-state index in [0.29, 0.717) is 18.6 Å². The maximum Gasteiger partial charge on any atom is 0.324 e. The molecule has 2 N–H and O–H groups in total. The molecule has 2 saturated heterocycles. The summed E-state index contributed by atoms with van der Waals surface area (Å²) in [5.41, 5.74) is 0.0699. The SMILES string of the molecule is COCOc1ccccc1[C@H]1[C@@H](CO)C[C@@]2(C(=O)O)CCCN12. The van der Waals surface area contributed by atoms with Crippen LogP contribution in [0.2, 0.25) is 0 Å². The summed E-state index contributed by atoms with van der Waals surface area (Å²) in [7, 11) is 1.56. The van der Waals surface area contributed by atoms with Crippen molar-refractivity contribution in [3.63, 3.8) is 0 Å². The number of aliphatic hydroxyl groups excluding tert-OH is 1. The van der Waals surface area contributed by atoms with Crippen molar-refractivity contribution in [3.05, 3.63) is 29.8 Å². The number of hydrogen-bond donors (Lipinski definition) is 2. The first-order valence-corrected chi connectivity index (χ1v) is 7.95. The summed E-state index contributed by atoms with van der Waals surface area (Å²) in [6.07, 6.45) is 1.97. The molecule has 2 fully saturated rings. The van der Waals surface area contributed by atoms with E-state index in [2.05, 4.69) is 0 Å². The number of carboxylic acid groups (broad SMARTS) is 1. The van der Waals surface area contributed by atoms with Crippen molar-refractivity contribution in [1.82, 2.24) is 4.90 Å². The zero-order valence-electron chi connectivity index (χ0n) is 13.3. The van der Waals surface area contributed by atoms with Crippen molar-refractivity contribution in [2.24, 2.45) is 5.92 Å². The molecule has 0 radical (unpaired) electrons. The van der Waals surface area contributed by atoms with Gasteiger partial charge in [0.1, 0.15) is 11.3 Å². The van der Waals surface area contributed by atoms with Gasteiger partial charge < -0.3 is 19.7 Å². The van der Waals surface area contributed by atoms with Crippen molar-refractivity contribution in [1.29, 1.82) is 0 Å². The Morgan fingerprint density at radius 1 is 1.43 bits per heavy atom. The Hall–Kier alpha value is -1.63. The Bertz CT molecular complexity index is 578. The summed E-state index contributed by atoms with van der Waals surface area (Å²) in [5.74, 6) is -0.212. The van der Waals surface area contributed by atoms with Crippen LogP contribution in [0.4, 0.5) is 0 Å². The first-order valence-electron chi connectivity index (χ1n) is 7.95. The van der Waals surface area contributed by atoms with Gasteiger partial charge in [-0.3, -0.25) is 9.69 Å². The van der Waals surface area contributed by atoms with Gasteiger partial charge in [0.25, 0.3) is 0 Å². The van der Waals surface area contributed by atoms with Gasteiger partial charge in [-0.2, -0.15) is 0 Å². The van der Waals surface area contributed by atoms with Crippen LogP contribution in [0.3, 0.4) is 0 Å². The molecule has 0 spiro atoms. The molecule has 23 heavy (non-hydrogen) atoms. The second-order valence-electron chi connectivity index (χ2n) is 6.31. The predicted molar refractivity (Wildman–Crippen MR) is 83.2 cm³/mol. The van der Waals surface area contributed by atoms with Gasteiger partial charge in [-0.25, -0.2) is 0 Å². The molecule has 2 aliphatic rings. The number of aliphatic hydroxyl groups is 1. The lowest BCUT2D eigenvalue weighted by molar-refractivity contribution is -0.148. The first-order chi connectivity index (χ1) is 11.1. The second-order valence-corrected chi connectivity index (χ2v) is 6.31. The molecule has 1 aromatic rings. The van der Waals surface area contributed by atoms with Crippen LogP contribution < -0.4 is 4.74 Å². The number of carbonyl (C=O) groups is 1. The average Bonchev–Trinajstić information content (AvgIpc) is 3.10. The molecule has 0 aliphatic carbocycles. The van der Waals surface area contributed by atoms with Crippen LogP contribution in [0.1, 0.15) is 30.9 Å². The average molecular weight is 321 g/mol. The molecule has 0 amide bonds. The van der Waals surface area contributed by atoms with E-state index < -0.39 is 11.5 Å². The normalized spacial score (nSPS) is 30.3. The van der Waals surface area contributed by atoms with Gasteiger partial charge in [0.15, 0.2) is 6.79 Å². The highest BCUT2D eigenvalue weighted by Crippen LogP contribution is 2.53. The molecule has 3 atom stereocenters. The first kappa shape index (κ1) is 16.2. The Morgan fingerprint density at radius 2 is 2.22 bits per heavy atom.